The molecule has 2 aromatic rings. The van der Waals surface area contributed by atoms with Gasteiger partial charge in [-0.25, -0.2) is 9.98 Å². The van der Waals surface area contributed by atoms with Gasteiger partial charge in [-0.2, -0.15) is 16.8 Å². The fraction of sp³-hybridized carbons (Fsp3) is 0.150. The van der Waals surface area contributed by atoms with E-state index in [0.29, 0.717) is 6.54 Å². The first-order chi connectivity index (χ1) is 17.2. The summed E-state index contributed by atoms with van der Waals surface area (Å²) >= 11 is 13.1. The van der Waals surface area contributed by atoms with E-state index in [9.17, 15) is 25.9 Å². The van der Waals surface area contributed by atoms with Crippen LogP contribution in [0.4, 0.5) is 11.4 Å². The molecule has 2 heterocycles. The van der Waals surface area contributed by atoms with Crippen molar-refractivity contribution in [2.45, 2.75) is 18.2 Å². The molecule has 1 aliphatic carbocycles. The van der Waals surface area contributed by atoms with Gasteiger partial charge in [0.2, 0.25) is 0 Å². The molecule has 13 nitrogen and oxygen atoms in total. The lowest BCUT2D eigenvalue weighted by Gasteiger charge is -2.27. The molecule has 0 aromatic heterocycles. The maximum atomic E-state index is 12.1. The minimum Gasteiger partial charge on any atom is -0.450 e. The number of anilines is 1. The molecule has 194 valence electrons. The normalized spacial score (nSPS) is 17.6. The number of nitrogens with zero attached hydrogens (tertiary/aromatic N) is 3. The van der Waals surface area contributed by atoms with Crippen LogP contribution in [0, 0.1) is 0 Å². The number of fused-ring (bicyclic) bond motifs is 3. The van der Waals surface area contributed by atoms with Gasteiger partial charge in [-0.1, -0.05) is 23.2 Å². The van der Waals surface area contributed by atoms with E-state index >= 15 is 0 Å². The maximum Gasteiger partial charge on any atom is 0.300 e. The van der Waals surface area contributed by atoms with Gasteiger partial charge in [-0.15, -0.1) is 0 Å². The minimum absolute atomic E-state index is 0.0577. The highest BCUT2D eigenvalue weighted by molar-refractivity contribution is 7.90. The Morgan fingerprint density at radius 3 is 2.19 bits per heavy atom. The third-order valence-corrected chi connectivity index (χ3v) is 8.04. The fourth-order valence-corrected chi connectivity index (χ4v) is 6.04. The number of nitrogen functional groups attached to an aromatic ring is 1. The molecule has 0 radical (unpaired) electrons. The second kappa shape index (κ2) is 8.41. The Bertz CT molecular complexity index is 1880. The topological polar surface area (TPSA) is 216 Å². The predicted octanol–water partition coefficient (Wildman–Crippen LogP) is 2.03. The van der Waals surface area contributed by atoms with E-state index < -0.39 is 35.8 Å². The van der Waals surface area contributed by atoms with Crippen LogP contribution in [0.25, 0.3) is 0 Å². The molecule has 17 heteroatoms. The van der Waals surface area contributed by atoms with E-state index in [1.165, 1.54) is 12.1 Å². The zero-order valence-electron chi connectivity index (χ0n) is 18.5. The van der Waals surface area contributed by atoms with Crippen LogP contribution in [-0.2, 0) is 20.2 Å². The number of hydrogen-bond donors (Lipinski definition) is 4. The molecule has 0 fully saturated rings. The van der Waals surface area contributed by atoms with Crippen molar-refractivity contribution in [3.63, 3.8) is 0 Å². The number of allylic oxidation sites excluding steroid dienone is 2. The van der Waals surface area contributed by atoms with Gasteiger partial charge in [0.1, 0.15) is 32.1 Å². The van der Waals surface area contributed by atoms with Crippen molar-refractivity contribution in [2.24, 2.45) is 20.7 Å². The number of benzene rings is 2. The van der Waals surface area contributed by atoms with Crippen molar-refractivity contribution in [1.82, 2.24) is 0 Å². The third kappa shape index (κ3) is 3.94. The van der Waals surface area contributed by atoms with Crippen LogP contribution in [0.1, 0.15) is 13.3 Å². The van der Waals surface area contributed by atoms with Gasteiger partial charge >= 0.3 is 0 Å². The summed E-state index contributed by atoms with van der Waals surface area (Å²) in [6, 6.07) is 2.52. The molecule has 6 N–H and O–H groups in total. The summed E-state index contributed by atoms with van der Waals surface area (Å²) in [5.41, 5.74) is 11.3. The van der Waals surface area contributed by atoms with Crippen LogP contribution >= 0.6 is 23.2 Å². The van der Waals surface area contributed by atoms with Crippen LogP contribution < -0.4 is 31.7 Å². The Kier molecular flexibility index (Phi) is 5.78. The van der Waals surface area contributed by atoms with Gasteiger partial charge in [0, 0.05) is 18.7 Å². The highest BCUT2D eigenvalue weighted by Gasteiger charge is 2.38. The summed E-state index contributed by atoms with van der Waals surface area (Å²) in [6.45, 7) is 2.02. The number of nitrogens with two attached hydrogens (primary N) is 2. The van der Waals surface area contributed by atoms with Gasteiger partial charge in [0.05, 0.1) is 11.4 Å². The van der Waals surface area contributed by atoms with E-state index in [1.807, 2.05) is 0 Å². The Morgan fingerprint density at radius 2 is 1.59 bits per heavy atom. The van der Waals surface area contributed by atoms with Gasteiger partial charge in [0.25, 0.3) is 20.2 Å². The Balaban J connectivity index is 1.83. The molecule has 0 unspecified atom stereocenters. The number of aliphatic imine (C=N–C) groups is 1. The molecule has 0 amide bonds. The lowest BCUT2D eigenvalue weighted by Crippen LogP contribution is -2.32. The first-order valence-electron chi connectivity index (χ1n) is 10.2. The first kappa shape index (κ1) is 25.4. The van der Waals surface area contributed by atoms with Crippen LogP contribution in [0.3, 0.4) is 0 Å². The van der Waals surface area contributed by atoms with E-state index in [1.54, 1.807) is 6.92 Å². The van der Waals surface area contributed by atoms with Crippen LogP contribution in [0.5, 0.6) is 17.2 Å². The molecule has 0 atom stereocenters. The van der Waals surface area contributed by atoms with Gasteiger partial charge in [-0.3, -0.25) is 14.1 Å². The van der Waals surface area contributed by atoms with Crippen molar-refractivity contribution in [3.05, 3.63) is 55.0 Å². The highest BCUT2D eigenvalue weighted by Crippen LogP contribution is 2.45. The second-order valence-electron chi connectivity index (χ2n) is 7.82. The Morgan fingerprint density at radius 1 is 0.973 bits per heavy atom. The Hall–Kier alpha value is -3.21. The average Bonchev–Trinajstić information content (AvgIpc) is 2.79. The van der Waals surface area contributed by atoms with Gasteiger partial charge < -0.3 is 20.9 Å². The van der Waals surface area contributed by atoms with Crippen LogP contribution in [-0.4, -0.2) is 38.2 Å². The monoisotopic (exact) mass is 587 g/mol. The molecule has 2 aromatic carbocycles. The number of hydrogen-bond acceptors (Lipinski definition) is 11. The molecular formula is C20H15Cl2N5O8S2. The largest absolute Gasteiger partial charge is 0.450 e. The average molecular weight is 588 g/mol. The van der Waals surface area contributed by atoms with E-state index in [2.05, 4.69) is 15.0 Å². The Labute approximate surface area is 218 Å². The summed E-state index contributed by atoms with van der Waals surface area (Å²) in [6.07, 6.45) is -0.156. The van der Waals surface area contributed by atoms with Crippen molar-refractivity contribution in [3.8, 4) is 17.2 Å². The third-order valence-electron chi connectivity index (χ3n) is 5.44. The minimum atomic E-state index is -4.85. The molecule has 0 saturated heterocycles. The lowest BCUT2D eigenvalue weighted by molar-refractivity contribution is 0.407. The smallest absolute Gasteiger partial charge is 0.300 e. The number of rotatable bonds is 3. The zero-order chi connectivity index (χ0) is 27.0. The second-order valence-corrected chi connectivity index (χ2v) is 11.3. The van der Waals surface area contributed by atoms with Crippen molar-refractivity contribution < 1.29 is 35.4 Å². The summed E-state index contributed by atoms with van der Waals surface area (Å²) in [4.78, 5) is 11.6. The predicted molar refractivity (Wildman–Crippen MR) is 132 cm³/mol. The summed E-state index contributed by atoms with van der Waals surface area (Å²) in [5.74, 6) is -1.24. The molecule has 5 rings (SSSR count). The van der Waals surface area contributed by atoms with E-state index in [4.69, 9.17) is 44.1 Å². The summed E-state index contributed by atoms with van der Waals surface area (Å²) < 4.78 is 79.3. The standard InChI is InChI=1S/C20H15Cl2N5O8S2/c1-2-25-9-5-7(24)20(37(31,32)33)18-12(9)27-14-11(22)16-13(10(21)17(14)35-18)26-8-4-3-6(23)19(15(8)34-16)36(28,29)30/h3-4H,2,5,23-24H2,1H3,(H,28,29,30)(H,31,32,33). The van der Waals surface area contributed by atoms with Crippen LogP contribution in [0.2, 0.25) is 10.0 Å². The SMILES string of the molecule is CCN=C1CC(N)=C(S(=O)(=O)O)C2=C1N=c1c(Cl)c3c(c(Cl)c1O2)=Nc1ccc(N)c(S(=O)(=O)O)c1O3. The number of halogens is 2. The molecule has 3 aliphatic rings. The highest BCUT2D eigenvalue weighted by atomic mass is 35.5. The molecule has 0 spiro atoms. The summed E-state index contributed by atoms with van der Waals surface area (Å²) in [7, 11) is -9.68. The lowest BCUT2D eigenvalue weighted by atomic mass is 10.0. The zero-order valence-corrected chi connectivity index (χ0v) is 21.6. The van der Waals surface area contributed by atoms with Crippen molar-refractivity contribution >= 4 is 60.5 Å². The quantitative estimate of drug-likeness (QED) is 0.258. The van der Waals surface area contributed by atoms with Crippen molar-refractivity contribution in [1.29, 1.82) is 0 Å². The number of ether oxygens (including phenoxy) is 2. The van der Waals surface area contributed by atoms with E-state index in [-0.39, 0.29) is 72.9 Å². The molecule has 37 heavy (non-hydrogen) atoms. The summed E-state index contributed by atoms with van der Waals surface area (Å²) in [5, 5.41) is -0.676. The van der Waals surface area contributed by atoms with E-state index in [0.717, 1.165) is 0 Å². The molecule has 2 aliphatic heterocycles. The maximum absolute atomic E-state index is 12.1. The molecule has 0 saturated carbocycles. The fourth-order valence-electron chi connectivity index (χ4n) is 4.01. The first-order valence-corrected chi connectivity index (χ1v) is 13.9. The van der Waals surface area contributed by atoms with Gasteiger partial charge in [-0.05, 0) is 19.1 Å². The molecule has 0 bridgehead atoms. The van der Waals surface area contributed by atoms with Crippen LogP contribution in [0.15, 0.2) is 54.1 Å². The van der Waals surface area contributed by atoms with Crippen molar-refractivity contribution in [2.75, 3.05) is 12.3 Å². The van der Waals surface area contributed by atoms with Gasteiger partial charge in [0.15, 0.2) is 32.8 Å². The molecular weight excluding hydrogens is 573 g/mol.